The predicted octanol–water partition coefficient (Wildman–Crippen LogP) is 2.42. The zero-order valence-corrected chi connectivity index (χ0v) is 15.2. The third-order valence-electron chi connectivity index (χ3n) is 4.67. The Bertz CT molecular complexity index is 796. The maximum Gasteiger partial charge on any atom is 0.215 e. The summed E-state index contributed by atoms with van der Waals surface area (Å²) in [5, 5.41) is 0. The van der Waals surface area contributed by atoms with Gasteiger partial charge < -0.3 is 4.57 Å². The van der Waals surface area contributed by atoms with Crippen LogP contribution in [-0.2, 0) is 22.8 Å². The summed E-state index contributed by atoms with van der Waals surface area (Å²) in [5.41, 5.74) is 1.68. The number of benzene rings is 1. The van der Waals surface area contributed by atoms with Crippen molar-refractivity contribution in [3.8, 4) is 0 Å². The maximum atomic E-state index is 13.0. The summed E-state index contributed by atoms with van der Waals surface area (Å²) in [6, 6.07) is 9.60. The van der Waals surface area contributed by atoms with Crippen LogP contribution in [0.5, 0.6) is 0 Å². The van der Waals surface area contributed by atoms with Gasteiger partial charge in [0.15, 0.2) is 0 Å². The van der Waals surface area contributed by atoms with Gasteiger partial charge in [0, 0.05) is 25.5 Å². The molecule has 25 heavy (non-hydrogen) atoms. The minimum Gasteiger partial charge on any atom is -0.353 e. The van der Waals surface area contributed by atoms with Gasteiger partial charge in [-0.25, -0.2) is 17.5 Å². The molecule has 0 unspecified atom stereocenters. The van der Waals surface area contributed by atoms with Crippen LogP contribution < -0.4 is 4.72 Å². The van der Waals surface area contributed by atoms with E-state index in [1.807, 2.05) is 29.9 Å². The highest BCUT2D eigenvalue weighted by molar-refractivity contribution is 7.88. The SMILES string of the molecule is Cn1cccc1[C@@H](CNS(=O)(=O)Cc1ccc(F)cc1)N1CCCC1. The van der Waals surface area contributed by atoms with Crippen LogP contribution in [-0.4, -0.2) is 37.5 Å². The van der Waals surface area contributed by atoms with Gasteiger partial charge in [0.1, 0.15) is 5.82 Å². The lowest BCUT2D eigenvalue weighted by Gasteiger charge is -2.28. The Labute approximate surface area is 148 Å². The van der Waals surface area contributed by atoms with E-state index in [2.05, 4.69) is 9.62 Å². The normalized spacial score (nSPS) is 17.0. The van der Waals surface area contributed by atoms with Gasteiger partial charge in [-0.2, -0.15) is 0 Å². The Morgan fingerprint density at radius 3 is 2.44 bits per heavy atom. The molecule has 0 saturated carbocycles. The smallest absolute Gasteiger partial charge is 0.215 e. The van der Waals surface area contributed by atoms with Crippen molar-refractivity contribution in [2.75, 3.05) is 19.6 Å². The van der Waals surface area contributed by atoms with Crippen molar-refractivity contribution >= 4 is 10.0 Å². The van der Waals surface area contributed by atoms with Crippen molar-refractivity contribution in [1.29, 1.82) is 0 Å². The van der Waals surface area contributed by atoms with Crippen molar-refractivity contribution < 1.29 is 12.8 Å². The third-order valence-corrected chi connectivity index (χ3v) is 5.99. The molecule has 0 amide bonds. The fourth-order valence-corrected chi connectivity index (χ4v) is 4.50. The topological polar surface area (TPSA) is 54.3 Å². The number of nitrogens with one attached hydrogen (secondary N) is 1. The first-order valence-electron chi connectivity index (χ1n) is 8.52. The van der Waals surface area contributed by atoms with Crippen LogP contribution in [0.15, 0.2) is 42.6 Å². The number of halogens is 1. The van der Waals surface area contributed by atoms with Gasteiger partial charge in [0.05, 0.1) is 11.8 Å². The van der Waals surface area contributed by atoms with E-state index < -0.39 is 10.0 Å². The van der Waals surface area contributed by atoms with Crippen LogP contribution in [0.3, 0.4) is 0 Å². The standard InChI is InChI=1S/C18H24FN3O2S/c1-21-10-4-5-17(21)18(22-11-2-3-12-22)13-20-25(23,24)14-15-6-8-16(19)9-7-15/h4-10,18,20H,2-3,11-14H2,1H3/t18-/m1/s1. The summed E-state index contributed by atoms with van der Waals surface area (Å²) in [4.78, 5) is 2.33. The van der Waals surface area contributed by atoms with E-state index in [1.165, 1.54) is 24.3 Å². The second-order valence-electron chi connectivity index (χ2n) is 6.54. The molecule has 0 radical (unpaired) electrons. The molecule has 136 valence electrons. The van der Waals surface area contributed by atoms with Gasteiger partial charge in [0.25, 0.3) is 0 Å². The molecule has 3 rings (SSSR count). The van der Waals surface area contributed by atoms with Crippen LogP contribution in [0.25, 0.3) is 0 Å². The molecule has 1 saturated heterocycles. The Balaban J connectivity index is 1.69. The summed E-state index contributed by atoms with van der Waals surface area (Å²) in [7, 11) is -1.51. The Morgan fingerprint density at radius 1 is 1.16 bits per heavy atom. The van der Waals surface area contributed by atoms with Gasteiger partial charge in [-0.3, -0.25) is 4.90 Å². The van der Waals surface area contributed by atoms with E-state index in [0.29, 0.717) is 12.1 Å². The number of likely N-dealkylation sites (tertiary alicyclic amines) is 1. The van der Waals surface area contributed by atoms with Crippen molar-refractivity contribution in [3.63, 3.8) is 0 Å². The summed E-state index contributed by atoms with van der Waals surface area (Å²) < 4.78 is 42.6. The largest absolute Gasteiger partial charge is 0.353 e. The van der Waals surface area contributed by atoms with Crippen molar-refractivity contribution in [2.45, 2.75) is 24.6 Å². The van der Waals surface area contributed by atoms with E-state index in [4.69, 9.17) is 0 Å². The lowest BCUT2D eigenvalue weighted by Crippen LogP contribution is -2.38. The molecule has 1 aliphatic rings. The first kappa shape index (κ1) is 18.1. The van der Waals surface area contributed by atoms with Crippen molar-refractivity contribution in [3.05, 3.63) is 59.7 Å². The van der Waals surface area contributed by atoms with Gasteiger partial charge in [-0.15, -0.1) is 0 Å². The van der Waals surface area contributed by atoms with Gasteiger partial charge in [-0.05, 0) is 55.8 Å². The average molecular weight is 365 g/mol. The molecule has 5 nitrogen and oxygen atoms in total. The van der Waals surface area contributed by atoms with E-state index >= 15 is 0 Å². The molecule has 1 fully saturated rings. The predicted molar refractivity (Wildman–Crippen MR) is 96.0 cm³/mol. The van der Waals surface area contributed by atoms with Crippen LogP contribution in [0.2, 0.25) is 0 Å². The molecule has 1 aromatic carbocycles. The van der Waals surface area contributed by atoms with Crippen LogP contribution in [0.4, 0.5) is 4.39 Å². The summed E-state index contributed by atoms with van der Waals surface area (Å²) >= 11 is 0. The third kappa shape index (κ3) is 4.68. The number of hydrogen-bond donors (Lipinski definition) is 1. The number of sulfonamides is 1. The molecule has 1 atom stereocenters. The highest BCUT2D eigenvalue weighted by Gasteiger charge is 2.26. The number of hydrogen-bond acceptors (Lipinski definition) is 3. The quantitative estimate of drug-likeness (QED) is 0.820. The summed E-state index contributed by atoms with van der Waals surface area (Å²) in [6.07, 6.45) is 4.26. The molecule has 1 aliphatic heterocycles. The molecule has 0 bridgehead atoms. The highest BCUT2D eigenvalue weighted by Crippen LogP contribution is 2.25. The Morgan fingerprint density at radius 2 is 1.84 bits per heavy atom. The lowest BCUT2D eigenvalue weighted by atomic mass is 10.2. The minimum atomic E-state index is -3.48. The zero-order chi connectivity index (χ0) is 17.9. The van der Waals surface area contributed by atoms with E-state index in [0.717, 1.165) is 31.6 Å². The molecular weight excluding hydrogens is 341 g/mol. The monoisotopic (exact) mass is 365 g/mol. The van der Waals surface area contributed by atoms with Crippen molar-refractivity contribution in [2.24, 2.45) is 7.05 Å². The van der Waals surface area contributed by atoms with Crippen LogP contribution in [0.1, 0.15) is 30.1 Å². The molecule has 2 aromatic rings. The zero-order valence-electron chi connectivity index (χ0n) is 14.4. The molecule has 1 aromatic heterocycles. The number of aromatic nitrogens is 1. The molecule has 0 aliphatic carbocycles. The molecule has 0 spiro atoms. The summed E-state index contributed by atoms with van der Waals surface area (Å²) in [5.74, 6) is -0.514. The lowest BCUT2D eigenvalue weighted by molar-refractivity contribution is 0.238. The first-order chi connectivity index (χ1) is 11.9. The van der Waals surface area contributed by atoms with E-state index in [1.54, 1.807) is 0 Å². The molecular formula is C18H24FN3O2S. The van der Waals surface area contributed by atoms with Crippen LogP contribution in [0, 0.1) is 5.82 Å². The second-order valence-corrected chi connectivity index (χ2v) is 8.34. The van der Waals surface area contributed by atoms with Gasteiger partial charge in [-0.1, -0.05) is 12.1 Å². The molecule has 1 N–H and O–H groups in total. The van der Waals surface area contributed by atoms with Gasteiger partial charge >= 0.3 is 0 Å². The number of nitrogens with zero attached hydrogens (tertiary/aromatic N) is 2. The van der Waals surface area contributed by atoms with Gasteiger partial charge in [0.2, 0.25) is 10.0 Å². The number of rotatable bonds is 7. The van der Waals surface area contributed by atoms with Crippen LogP contribution >= 0.6 is 0 Å². The fourth-order valence-electron chi connectivity index (χ4n) is 3.35. The highest BCUT2D eigenvalue weighted by atomic mass is 32.2. The second kappa shape index (κ2) is 7.68. The summed E-state index contributed by atoms with van der Waals surface area (Å²) in [6.45, 7) is 2.30. The van der Waals surface area contributed by atoms with E-state index in [-0.39, 0.29) is 17.6 Å². The fraction of sp³-hybridized carbons (Fsp3) is 0.444. The molecule has 2 heterocycles. The average Bonchev–Trinajstić information content (AvgIpc) is 3.23. The van der Waals surface area contributed by atoms with Crippen molar-refractivity contribution in [1.82, 2.24) is 14.2 Å². The molecule has 7 heteroatoms. The number of aryl methyl sites for hydroxylation is 1. The first-order valence-corrected chi connectivity index (χ1v) is 10.2. The van der Waals surface area contributed by atoms with E-state index in [9.17, 15) is 12.8 Å². The Kier molecular flexibility index (Phi) is 5.56. The Hall–Kier alpha value is -1.70. The maximum absolute atomic E-state index is 13.0. The minimum absolute atomic E-state index is 0.0190.